The van der Waals surface area contributed by atoms with E-state index in [4.69, 9.17) is 14.2 Å². The highest BCUT2D eigenvalue weighted by Gasteiger charge is 2.38. The monoisotopic (exact) mass is 382 g/mol. The van der Waals surface area contributed by atoms with Gasteiger partial charge in [-0.2, -0.15) is 5.10 Å². The largest absolute Gasteiger partial charge is 0.466 e. The fraction of sp³-hybridized carbons (Fsp3) is 0.467. The Bertz CT molecular complexity index is 745. The summed E-state index contributed by atoms with van der Waals surface area (Å²) in [6, 6.07) is 3.14. The van der Waals surface area contributed by atoms with Crippen LogP contribution >= 0.6 is 0 Å². The van der Waals surface area contributed by atoms with Gasteiger partial charge in [-0.1, -0.05) is 0 Å². The maximum Gasteiger partial charge on any atom is 0.311 e. The van der Waals surface area contributed by atoms with E-state index in [0.717, 1.165) is 12.1 Å². The fourth-order valence-electron chi connectivity index (χ4n) is 2.40. The lowest BCUT2D eigenvalue weighted by Gasteiger charge is -2.24. The molecule has 1 aliphatic rings. The summed E-state index contributed by atoms with van der Waals surface area (Å²) in [5.41, 5.74) is 1.54. The predicted molar refractivity (Wildman–Crippen MR) is 92.4 cm³/mol. The minimum atomic E-state index is -1.20. The lowest BCUT2D eigenvalue weighted by Crippen LogP contribution is -2.34. The maximum absolute atomic E-state index is 11.7. The molecule has 1 heterocycles. The number of ether oxygens (including phenoxy) is 3. The third-order valence-electron chi connectivity index (χ3n) is 3.60. The van der Waals surface area contributed by atoms with Crippen LogP contribution in [-0.4, -0.2) is 47.6 Å². The van der Waals surface area contributed by atoms with Gasteiger partial charge in [-0.3, -0.25) is 30.4 Å². The van der Waals surface area contributed by atoms with Crippen molar-refractivity contribution in [2.24, 2.45) is 5.10 Å². The zero-order valence-electron chi connectivity index (χ0n) is 14.5. The van der Waals surface area contributed by atoms with Crippen molar-refractivity contribution in [3.63, 3.8) is 0 Å². The minimum absolute atomic E-state index is 0.0189. The number of hydrogen-bond acceptors (Lipinski definition) is 10. The Hall–Kier alpha value is -3.12. The highest BCUT2D eigenvalue weighted by Crippen LogP contribution is 2.29. The molecular formula is C15H18N4O8. The molecule has 12 nitrogen and oxygen atoms in total. The number of hydrogen-bond donors (Lipinski definition) is 1. The Morgan fingerprint density at radius 2 is 2.04 bits per heavy atom. The SMILES string of the molecule is CCOC(=O)CC1(CC=NNc2ccc([N+](=O)[O-])cc2[N+](=O)[O-])OCCO1. The average molecular weight is 382 g/mol. The molecule has 0 unspecified atom stereocenters. The summed E-state index contributed by atoms with van der Waals surface area (Å²) in [6.07, 6.45) is 1.32. The van der Waals surface area contributed by atoms with Crippen LogP contribution in [0.15, 0.2) is 23.3 Å². The molecule has 0 radical (unpaired) electrons. The van der Waals surface area contributed by atoms with E-state index in [9.17, 15) is 25.0 Å². The van der Waals surface area contributed by atoms with Crippen molar-refractivity contribution in [3.8, 4) is 0 Å². The van der Waals surface area contributed by atoms with Crippen molar-refractivity contribution in [3.05, 3.63) is 38.4 Å². The third kappa shape index (κ3) is 5.43. The van der Waals surface area contributed by atoms with Crippen LogP contribution in [0, 0.1) is 20.2 Å². The molecule has 0 aliphatic carbocycles. The molecular weight excluding hydrogens is 364 g/mol. The zero-order chi connectivity index (χ0) is 19.9. The molecule has 2 rings (SSSR count). The smallest absolute Gasteiger partial charge is 0.311 e. The molecule has 146 valence electrons. The quantitative estimate of drug-likeness (QED) is 0.292. The normalized spacial score (nSPS) is 15.6. The average Bonchev–Trinajstić information content (AvgIpc) is 3.07. The van der Waals surface area contributed by atoms with E-state index in [0.29, 0.717) is 13.2 Å². The number of nitro groups is 2. The van der Waals surface area contributed by atoms with Crippen LogP contribution < -0.4 is 5.43 Å². The van der Waals surface area contributed by atoms with Gasteiger partial charge < -0.3 is 14.2 Å². The van der Waals surface area contributed by atoms with Gasteiger partial charge >= 0.3 is 11.7 Å². The predicted octanol–water partition coefficient (Wildman–Crippen LogP) is 1.99. The molecule has 0 bridgehead atoms. The number of non-ortho nitro benzene ring substituents is 1. The van der Waals surface area contributed by atoms with E-state index in [1.165, 1.54) is 12.3 Å². The molecule has 12 heteroatoms. The molecule has 0 atom stereocenters. The molecule has 1 saturated heterocycles. The van der Waals surface area contributed by atoms with Gasteiger partial charge in [0.1, 0.15) is 5.69 Å². The number of anilines is 1. The van der Waals surface area contributed by atoms with Crippen LogP contribution in [-0.2, 0) is 19.0 Å². The van der Waals surface area contributed by atoms with Crippen molar-refractivity contribution in [1.29, 1.82) is 0 Å². The molecule has 1 aliphatic heterocycles. The van der Waals surface area contributed by atoms with E-state index < -0.39 is 33.0 Å². The summed E-state index contributed by atoms with van der Waals surface area (Å²) >= 11 is 0. The Morgan fingerprint density at radius 3 is 2.63 bits per heavy atom. The van der Waals surface area contributed by atoms with Gasteiger partial charge in [-0.05, 0) is 13.0 Å². The zero-order valence-corrected chi connectivity index (χ0v) is 14.5. The van der Waals surface area contributed by atoms with Gasteiger partial charge in [0, 0.05) is 18.7 Å². The topological polar surface area (TPSA) is 155 Å². The third-order valence-corrected chi connectivity index (χ3v) is 3.60. The summed E-state index contributed by atoms with van der Waals surface area (Å²) in [5.74, 6) is -1.68. The van der Waals surface area contributed by atoms with Crippen molar-refractivity contribution >= 4 is 29.2 Å². The molecule has 1 aromatic carbocycles. The first-order valence-corrected chi connectivity index (χ1v) is 8.01. The molecule has 0 saturated carbocycles. The number of esters is 1. The van der Waals surface area contributed by atoms with Crippen molar-refractivity contribution in [2.75, 3.05) is 25.2 Å². The van der Waals surface area contributed by atoms with Crippen molar-refractivity contribution in [2.45, 2.75) is 25.6 Å². The summed E-state index contributed by atoms with van der Waals surface area (Å²) in [4.78, 5) is 32.0. The highest BCUT2D eigenvalue weighted by molar-refractivity contribution is 5.72. The van der Waals surface area contributed by atoms with Gasteiger partial charge in [0.25, 0.3) is 5.69 Å². The minimum Gasteiger partial charge on any atom is -0.466 e. The Labute approximate surface area is 153 Å². The van der Waals surface area contributed by atoms with Crippen LogP contribution in [0.5, 0.6) is 0 Å². The van der Waals surface area contributed by atoms with Gasteiger partial charge in [0.2, 0.25) is 0 Å². The number of carbonyl (C=O) groups is 1. The maximum atomic E-state index is 11.7. The highest BCUT2D eigenvalue weighted by atomic mass is 16.7. The summed E-state index contributed by atoms with van der Waals surface area (Å²) in [7, 11) is 0. The second-order valence-corrected chi connectivity index (χ2v) is 5.43. The van der Waals surface area contributed by atoms with Crippen LogP contribution in [0.1, 0.15) is 19.8 Å². The van der Waals surface area contributed by atoms with E-state index >= 15 is 0 Å². The number of nitrogens with one attached hydrogen (secondary N) is 1. The van der Waals surface area contributed by atoms with E-state index in [-0.39, 0.29) is 25.1 Å². The number of carbonyl (C=O) groups excluding carboxylic acids is 1. The Balaban J connectivity index is 2.04. The standard InChI is InChI=1S/C15H18N4O8/c1-2-25-14(20)10-15(26-7-8-27-15)5-6-16-17-12-4-3-11(18(21)22)9-13(12)19(23)24/h3-4,6,9,17H,2,5,7-8,10H2,1H3. The first-order valence-electron chi connectivity index (χ1n) is 8.01. The second-order valence-electron chi connectivity index (χ2n) is 5.43. The summed E-state index contributed by atoms with van der Waals surface area (Å²) < 4.78 is 15.9. The van der Waals surface area contributed by atoms with Crippen LogP contribution in [0.4, 0.5) is 17.1 Å². The molecule has 27 heavy (non-hydrogen) atoms. The van der Waals surface area contributed by atoms with Gasteiger partial charge in [-0.25, -0.2) is 0 Å². The summed E-state index contributed by atoms with van der Waals surface area (Å²) in [6.45, 7) is 2.54. The van der Waals surface area contributed by atoms with Gasteiger partial charge in [0.05, 0.1) is 42.2 Å². The molecule has 1 N–H and O–H groups in total. The molecule has 0 spiro atoms. The fourth-order valence-corrected chi connectivity index (χ4v) is 2.40. The van der Waals surface area contributed by atoms with Crippen LogP contribution in [0.3, 0.4) is 0 Å². The number of rotatable bonds is 9. The summed E-state index contributed by atoms with van der Waals surface area (Å²) in [5, 5.41) is 25.7. The lowest BCUT2D eigenvalue weighted by molar-refractivity contribution is -0.393. The number of benzene rings is 1. The molecule has 1 fully saturated rings. The van der Waals surface area contributed by atoms with E-state index in [1.54, 1.807) is 6.92 Å². The Kier molecular flexibility index (Phi) is 6.73. The molecule has 1 aromatic rings. The van der Waals surface area contributed by atoms with E-state index in [2.05, 4.69) is 10.5 Å². The van der Waals surface area contributed by atoms with Gasteiger partial charge in [-0.15, -0.1) is 0 Å². The van der Waals surface area contributed by atoms with Crippen LogP contribution in [0.2, 0.25) is 0 Å². The number of nitrogens with zero attached hydrogens (tertiary/aromatic N) is 3. The van der Waals surface area contributed by atoms with Crippen molar-refractivity contribution < 1.29 is 28.9 Å². The first kappa shape index (κ1) is 20.2. The molecule has 0 amide bonds. The second kappa shape index (κ2) is 9.00. The molecule has 0 aromatic heterocycles. The van der Waals surface area contributed by atoms with Crippen LogP contribution in [0.25, 0.3) is 0 Å². The first-order chi connectivity index (χ1) is 12.9. The van der Waals surface area contributed by atoms with E-state index in [1.807, 2.05) is 0 Å². The van der Waals surface area contributed by atoms with Gasteiger partial charge in [0.15, 0.2) is 5.79 Å². The number of hydrazone groups is 1. The van der Waals surface area contributed by atoms with Crippen molar-refractivity contribution in [1.82, 2.24) is 0 Å². The Morgan fingerprint density at radius 1 is 1.33 bits per heavy atom. The lowest BCUT2D eigenvalue weighted by atomic mass is 10.1. The number of nitro benzene ring substituents is 2.